The van der Waals surface area contributed by atoms with Gasteiger partial charge >= 0.3 is 5.97 Å². The fourth-order valence-electron chi connectivity index (χ4n) is 3.79. The molecule has 2 aliphatic rings. The Kier molecular flexibility index (Phi) is 5.82. The average molecular weight is 439 g/mol. The van der Waals surface area contributed by atoms with E-state index < -0.39 is 17.3 Å². The van der Waals surface area contributed by atoms with Crippen LogP contribution in [-0.4, -0.2) is 41.5 Å². The number of esters is 1. The van der Waals surface area contributed by atoms with E-state index in [0.717, 1.165) is 21.8 Å². The van der Waals surface area contributed by atoms with Crippen molar-refractivity contribution >= 4 is 46.7 Å². The molecule has 0 saturated heterocycles. The van der Waals surface area contributed by atoms with Gasteiger partial charge in [0.05, 0.1) is 17.4 Å². The number of rotatable bonds is 5. The summed E-state index contributed by atoms with van der Waals surface area (Å²) in [5.41, 5.74) is 2.90. The van der Waals surface area contributed by atoms with Crippen molar-refractivity contribution in [1.29, 1.82) is 0 Å². The summed E-state index contributed by atoms with van der Waals surface area (Å²) in [7, 11) is 0. The normalized spacial score (nSPS) is 17.9. The Morgan fingerprint density at radius 3 is 2.77 bits per heavy atom. The monoisotopic (exact) mass is 438 g/mol. The second-order valence-corrected chi connectivity index (χ2v) is 8.80. The van der Waals surface area contributed by atoms with E-state index in [1.54, 1.807) is 23.1 Å². The van der Waals surface area contributed by atoms with Gasteiger partial charge < -0.3 is 15.0 Å². The zero-order valence-corrected chi connectivity index (χ0v) is 18.0. The van der Waals surface area contributed by atoms with Crippen molar-refractivity contribution < 1.29 is 23.9 Å². The summed E-state index contributed by atoms with van der Waals surface area (Å²) in [6.07, 6.45) is -0.417. The van der Waals surface area contributed by atoms with Gasteiger partial charge in [-0.15, -0.1) is 11.8 Å². The van der Waals surface area contributed by atoms with Gasteiger partial charge in [-0.25, -0.2) is 0 Å². The highest BCUT2D eigenvalue weighted by Crippen LogP contribution is 2.36. The predicted molar refractivity (Wildman–Crippen MR) is 117 cm³/mol. The molecule has 0 radical (unpaired) electrons. The van der Waals surface area contributed by atoms with Crippen molar-refractivity contribution in [3.63, 3.8) is 0 Å². The van der Waals surface area contributed by atoms with Crippen molar-refractivity contribution in [3.8, 4) is 0 Å². The molecule has 31 heavy (non-hydrogen) atoms. The van der Waals surface area contributed by atoms with Gasteiger partial charge in [0.1, 0.15) is 0 Å². The van der Waals surface area contributed by atoms with Crippen LogP contribution in [0.2, 0.25) is 0 Å². The number of carbonyl (C=O) groups excluding carboxylic acids is 4. The quantitative estimate of drug-likeness (QED) is 0.569. The van der Waals surface area contributed by atoms with Gasteiger partial charge in [0.25, 0.3) is 0 Å². The van der Waals surface area contributed by atoms with Crippen molar-refractivity contribution in [2.24, 2.45) is 0 Å². The maximum Gasteiger partial charge on any atom is 0.308 e. The molecule has 4 rings (SSSR count). The number of carbonyl (C=O) groups is 4. The lowest BCUT2D eigenvalue weighted by atomic mass is 10.0. The number of hydrogen-bond donors (Lipinski definition) is 1. The van der Waals surface area contributed by atoms with Gasteiger partial charge in [-0.3, -0.25) is 19.2 Å². The molecule has 0 spiro atoms. The van der Waals surface area contributed by atoms with E-state index in [2.05, 4.69) is 5.32 Å². The van der Waals surface area contributed by atoms with E-state index in [1.807, 2.05) is 24.3 Å². The van der Waals surface area contributed by atoms with Crippen molar-refractivity contribution in [1.82, 2.24) is 0 Å². The van der Waals surface area contributed by atoms with Crippen molar-refractivity contribution in [2.45, 2.75) is 42.9 Å². The molecule has 2 atom stereocenters. The molecule has 8 heteroatoms. The fraction of sp³-hybridized carbons (Fsp3) is 0.304. The number of nitrogens with one attached hydrogen (secondary N) is 1. The molecule has 160 valence electrons. The summed E-state index contributed by atoms with van der Waals surface area (Å²) < 4.78 is 5.34. The molecule has 7 nitrogen and oxygen atoms in total. The number of nitrogens with zero attached hydrogens (tertiary/aromatic N) is 1. The number of hydrogen-bond acceptors (Lipinski definition) is 6. The van der Waals surface area contributed by atoms with Crippen LogP contribution in [0.5, 0.6) is 0 Å². The molecule has 0 bridgehead atoms. The highest BCUT2D eigenvalue weighted by atomic mass is 32.2. The van der Waals surface area contributed by atoms with E-state index in [0.29, 0.717) is 18.5 Å². The number of ketones is 1. The van der Waals surface area contributed by atoms with Gasteiger partial charge in [-0.2, -0.15) is 0 Å². The SMILES string of the molecule is CC(=O)N1CCc2cc(C(=O)C(C)OC(=O)CC3Sc4ccccc4NC3=O)ccc21. The first-order valence-corrected chi connectivity index (χ1v) is 10.9. The molecule has 1 N–H and O–H groups in total. The zero-order chi connectivity index (χ0) is 22.1. The second-order valence-electron chi connectivity index (χ2n) is 7.56. The fourth-order valence-corrected chi connectivity index (χ4v) is 4.89. The Morgan fingerprint density at radius 1 is 1.23 bits per heavy atom. The molecule has 2 aromatic carbocycles. The summed E-state index contributed by atoms with van der Waals surface area (Å²) in [5.74, 6) is -1.21. The number of anilines is 2. The Hall–Kier alpha value is -3.13. The lowest BCUT2D eigenvalue weighted by molar-refractivity contribution is -0.147. The van der Waals surface area contributed by atoms with Crippen LogP contribution in [0.4, 0.5) is 11.4 Å². The van der Waals surface area contributed by atoms with Crippen LogP contribution < -0.4 is 10.2 Å². The molecular formula is C23H22N2O5S. The zero-order valence-electron chi connectivity index (χ0n) is 17.2. The van der Waals surface area contributed by atoms with Gasteiger partial charge in [-0.05, 0) is 49.2 Å². The largest absolute Gasteiger partial charge is 0.454 e. The molecule has 0 aliphatic carbocycles. The topological polar surface area (TPSA) is 92.8 Å². The lowest BCUT2D eigenvalue weighted by Crippen LogP contribution is -2.33. The van der Waals surface area contributed by atoms with Gasteiger partial charge in [0, 0.05) is 29.6 Å². The Balaban J connectivity index is 1.38. The van der Waals surface area contributed by atoms with Crippen LogP contribution >= 0.6 is 11.8 Å². The summed E-state index contributed by atoms with van der Waals surface area (Å²) in [6.45, 7) is 3.63. The maximum atomic E-state index is 12.8. The van der Waals surface area contributed by atoms with Crippen LogP contribution in [0, 0.1) is 0 Å². The second kappa shape index (κ2) is 8.55. The molecule has 2 aliphatic heterocycles. The molecule has 0 saturated carbocycles. The summed E-state index contributed by atoms with van der Waals surface area (Å²) in [5, 5.41) is 2.18. The first-order chi connectivity index (χ1) is 14.8. The van der Waals surface area contributed by atoms with Gasteiger partial charge in [-0.1, -0.05) is 12.1 Å². The maximum absolute atomic E-state index is 12.8. The highest BCUT2D eigenvalue weighted by molar-refractivity contribution is 8.01. The summed E-state index contributed by atoms with van der Waals surface area (Å²) >= 11 is 1.31. The molecular weight excluding hydrogens is 416 g/mol. The van der Waals surface area contributed by atoms with E-state index in [1.165, 1.54) is 25.6 Å². The van der Waals surface area contributed by atoms with E-state index in [9.17, 15) is 19.2 Å². The minimum atomic E-state index is -0.972. The molecule has 0 aromatic heterocycles. The van der Waals surface area contributed by atoms with Gasteiger partial charge in [0.15, 0.2) is 6.10 Å². The lowest BCUT2D eigenvalue weighted by Gasteiger charge is -2.23. The van der Waals surface area contributed by atoms with Crippen LogP contribution in [0.3, 0.4) is 0 Å². The third-order valence-electron chi connectivity index (χ3n) is 5.38. The third-order valence-corrected chi connectivity index (χ3v) is 6.65. The smallest absolute Gasteiger partial charge is 0.308 e. The Morgan fingerprint density at radius 2 is 2.00 bits per heavy atom. The first kappa shape index (κ1) is 21.1. The van der Waals surface area contributed by atoms with E-state index >= 15 is 0 Å². The molecule has 0 fully saturated rings. The molecule has 2 aromatic rings. The van der Waals surface area contributed by atoms with E-state index in [4.69, 9.17) is 4.74 Å². The number of amides is 2. The highest BCUT2D eigenvalue weighted by Gasteiger charge is 2.31. The minimum Gasteiger partial charge on any atom is -0.454 e. The predicted octanol–water partition coefficient (Wildman–Crippen LogP) is 3.21. The number of para-hydroxylation sites is 1. The van der Waals surface area contributed by atoms with Crippen molar-refractivity contribution in [3.05, 3.63) is 53.6 Å². The van der Waals surface area contributed by atoms with Crippen LogP contribution in [0.15, 0.2) is 47.4 Å². The molecule has 2 heterocycles. The number of ether oxygens (including phenoxy) is 1. The number of fused-ring (bicyclic) bond motifs is 2. The third kappa shape index (κ3) is 4.34. The molecule has 2 unspecified atom stereocenters. The number of benzene rings is 2. The van der Waals surface area contributed by atoms with Gasteiger partial charge in [0.2, 0.25) is 17.6 Å². The van der Waals surface area contributed by atoms with Crippen LogP contribution in [0.25, 0.3) is 0 Å². The standard InChI is InChI=1S/C23H22N2O5S/c1-13(22(28)16-7-8-18-15(11-16)9-10-25(18)14(2)26)30-21(27)12-20-23(29)24-17-5-3-4-6-19(17)31-20/h3-8,11,13,20H,9-10,12H2,1-2H3,(H,24,29). The minimum absolute atomic E-state index is 0.0348. The average Bonchev–Trinajstić information content (AvgIpc) is 3.17. The van der Waals surface area contributed by atoms with Crippen molar-refractivity contribution in [2.75, 3.05) is 16.8 Å². The number of thioether (sulfide) groups is 1. The Bertz CT molecular complexity index is 1080. The first-order valence-electron chi connectivity index (χ1n) is 10.0. The summed E-state index contributed by atoms with van der Waals surface area (Å²) in [6, 6.07) is 12.5. The van der Waals surface area contributed by atoms with Crippen LogP contribution in [-0.2, 0) is 25.5 Å². The number of Topliss-reactive ketones (excluding diaryl/α,β-unsaturated/α-hetero) is 1. The van der Waals surface area contributed by atoms with E-state index in [-0.39, 0.29) is 24.0 Å². The Labute approximate surface area is 184 Å². The van der Waals surface area contributed by atoms with Crippen LogP contribution in [0.1, 0.15) is 36.2 Å². The summed E-state index contributed by atoms with van der Waals surface area (Å²) in [4.78, 5) is 51.7. The molecule has 2 amide bonds.